The second kappa shape index (κ2) is 3.11. The number of rotatable bonds is 2. The molecule has 0 radical (unpaired) electrons. The van der Waals surface area contributed by atoms with Crippen molar-refractivity contribution in [2.24, 2.45) is 0 Å². The lowest BCUT2D eigenvalue weighted by molar-refractivity contribution is -0.0170. The molecule has 3 atom stereocenters. The van der Waals surface area contributed by atoms with Gasteiger partial charge in [-0.2, -0.15) is 0 Å². The highest BCUT2D eigenvalue weighted by molar-refractivity contribution is 7.60. The zero-order valence-corrected chi connectivity index (χ0v) is 8.25. The van der Waals surface area contributed by atoms with E-state index in [1.807, 2.05) is 0 Å². The second-order valence-electron chi connectivity index (χ2n) is 3.35. The third kappa shape index (κ3) is 1.57. The summed E-state index contributed by atoms with van der Waals surface area (Å²) in [5.41, 5.74) is -1.25. The molecule has 0 saturated carbocycles. The van der Waals surface area contributed by atoms with Crippen molar-refractivity contribution < 1.29 is 19.3 Å². The van der Waals surface area contributed by atoms with Crippen LogP contribution in [0.2, 0.25) is 0 Å². The van der Waals surface area contributed by atoms with Crippen LogP contribution in [0.5, 0.6) is 0 Å². The summed E-state index contributed by atoms with van der Waals surface area (Å²) in [5, 5.41) is 19.0. The molecule has 1 heterocycles. The van der Waals surface area contributed by atoms with Gasteiger partial charge in [-0.15, -0.1) is 0 Å². The molecule has 1 fully saturated rings. The first-order valence-corrected chi connectivity index (χ1v) is 5.94. The van der Waals surface area contributed by atoms with Gasteiger partial charge in [0, 0.05) is 6.16 Å². The molecule has 0 aromatic rings. The Balaban J connectivity index is 2.78. The van der Waals surface area contributed by atoms with Crippen LogP contribution >= 0.6 is 7.37 Å². The zero-order chi connectivity index (χ0) is 9.41. The van der Waals surface area contributed by atoms with Crippen LogP contribution in [-0.2, 0) is 9.09 Å². The molecule has 1 saturated heterocycles. The number of hydrogen-bond donors (Lipinski definition) is 2. The lowest BCUT2D eigenvalue weighted by Gasteiger charge is -2.23. The lowest BCUT2D eigenvalue weighted by atomic mass is 10.1. The molecule has 5 heteroatoms. The molecule has 0 aliphatic carbocycles. The number of hydrogen-bond acceptors (Lipinski definition) is 4. The van der Waals surface area contributed by atoms with E-state index >= 15 is 0 Å². The molecule has 3 unspecified atom stereocenters. The van der Waals surface area contributed by atoms with Crippen LogP contribution in [0.25, 0.3) is 0 Å². The van der Waals surface area contributed by atoms with Gasteiger partial charge in [0.2, 0.25) is 7.37 Å². The topological polar surface area (TPSA) is 66.8 Å². The van der Waals surface area contributed by atoms with Crippen molar-refractivity contribution in [3.8, 4) is 0 Å². The van der Waals surface area contributed by atoms with Gasteiger partial charge in [-0.05, 0) is 20.3 Å². The van der Waals surface area contributed by atoms with E-state index in [9.17, 15) is 14.8 Å². The molecule has 0 bridgehead atoms. The molecular weight excluding hydrogens is 179 g/mol. The molecule has 1 aliphatic heterocycles. The monoisotopic (exact) mass is 194 g/mol. The van der Waals surface area contributed by atoms with E-state index in [0.717, 1.165) is 0 Å². The largest absolute Gasteiger partial charge is 0.387 e. The average molecular weight is 194 g/mol. The highest BCUT2D eigenvalue weighted by Crippen LogP contribution is 2.60. The van der Waals surface area contributed by atoms with Crippen molar-refractivity contribution in [2.75, 3.05) is 12.8 Å². The summed E-state index contributed by atoms with van der Waals surface area (Å²) in [6, 6.07) is 0. The lowest BCUT2D eigenvalue weighted by Crippen LogP contribution is -2.33. The molecule has 1 aliphatic rings. The first kappa shape index (κ1) is 10.2. The van der Waals surface area contributed by atoms with Crippen LogP contribution in [0.15, 0.2) is 0 Å². The maximum absolute atomic E-state index is 11.7. The van der Waals surface area contributed by atoms with Crippen LogP contribution in [0.3, 0.4) is 0 Å². The Labute approximate surface area is 72.0 Å². The van der Waals surface area contributed by atoms with Gasteiger partial charge in [-0.3, -0.25) is 4.57 Å². The summed E-state index contributed by atoms with van der Waals surface area (Å²) >= 11 is 0. The minimum Gasteiger partial charge on any atom is -0.387 e. The van der Waals surface area contributed by atoms with Gasteiger partial charge in [0.05, 0.1) is 12.2 Å². The molecule has 0 spiro atoms. The molecule has 2 N–H and O–H groups in total. The molecular formula is C7H15O4P. The third-order valence-electron chi connectivity index (χ3n) is 2.21. The van der Waals surface area contributed by atoms with Crippen LogP contribution in [0.1, 0.15) is 20.3 Å². The maximum atomic E-state index is 11.7. The Morgan fingerprint density at radius 1 is 1.75 bits per heavy atom. The van der Waals surface area contributed by atoms with Crippen LogP contribution < -0.4 is 0 Å². The quantitative estimate of drug-likeness (QED) is 0.637. The van der Waals surface area contributed by atoms with Gasteiger partial charge < -0.3 is 14.7 Å². The van der Waals surface area contributed by atoms with Crippen LogP contribution in [-0.4, -0.2) is 34.4 Å². The zero-order valence-electron chi connectivity index (χ0n) is 7.36. The summed E-state index contributed by atoms with van der Waals surface area (Å²) in [4.78, 5) is 0. The third-order valence-corrected chi connectivity index (χ3v) is 5.05. The Morgan fingerprint density at radius 3 is 2.67 bits per heavy atom. The fourth-order valence-corrected chi connectivity index (χ4v) is 4.10. The van der Waals surface area contributed by atoms with Gasteiger partial charge in [-0.25, -0.2) is 0 Å². The van der Waals surface area contributed by atoms with Crippen LogP contribution in [0.4, 0.5) is 0 Å². The van der Waals surface area contributed by atoms with E-state index in [2.05, 4.69) is 0 Å². The molecule has 1 rings (SSSR count). The van der Waals surface area contributed by atoms with E-state index in [-0.39, 0.29) is 6.16 Å². The fraction of sp³-hybridized carbons (Fsp3) is 1.00. The van der Waals surface area contributed by atoms with E-state index in [1.54, 1.807) is 6.92 Å². The fourth-order valence-electron chi connectivity index (χ4n) is 1.41. The molecule has 12 heavy (non-hydrogen) atoms. The van der Waals surface area contributed by atoms with Gasteiger partial charge >= 0.3 is 0 Å². The highest BCUT2D eigenvalue weighted by Gasteiger charge is 2.51. The molecule has 4 nitrogen and oxygen atoms in total. The Hall–Kier alpha value is 0.110. The van der Waals surface area contributed by atoms with Crippen molar-refractivity contribution in [1.29, 1.82) is 0 Å². The van der Waals surface area contributed by atoms with Crippen molar-refractivity contribution in [3.63, 3.8) is 0 Å². The van der Waals surface area contributed by atoms with Gasteiger partial charge in [-0.1, -0.05) is 0 Å². The molecule has 0 amide bonds. The SMILES string of the molecule is CCOP1(=O)CCC(C)(O)C1O. The van der Waals surface area contributed by atoms with Crippen LogP contribution in [0, 0.1) is 0 Å². The summed E-state index contributed by atoms with van der Waals surface area (Å²) < 4.78 is 16.7. The smallest absolute Gasteiger partial charge is 0.233 e. The predicted octanol–water partition coefficient (Wildman–Crippen LogP) is 0.774. The summed E-state index contributed by atoms with van der Waals surface area (Å²) in [5.74, 6) is -1.22. The number of aliphatic hydroxyl groups is 2. The standard InChI is InChI=1S/C7H15O4P/c1-3-11-12(10)5-4-7(2,9)6(12)8/h6,8-9H,3-5H2,1-2H3. The predicted molar refractivity (Wildman–Crippen MR) is 45.3 cm³/mol. The summed E-state index contributed by atoms with van der Waals surface area (Å²) in [6.07, 6.45) is 0.612. The van der Waals surface area contributed by atoms with E-state index in [1.165, 1.54) is 6.92 Å². The number of aliphatic hydroxyl groups excluding tert-OH is 1. The van der Waals surface area contributed by atoms with Gasteiger partial charge in [0.1, 0.15) is 0 Å². The van der Waals surface area contributed by atoms with E-state index in [0.29, 0.717) is 13.0 Å². The minimum absolute atomic E-state index is 0.273. The molecule has 72 valence electrons. The van der Waals surface area contributed by atoms with E-state index < -0.39 is 18.8 Å². The Bertz CT molecular complexity index is 213. The van der Waals surface area contributed by atoms with Gasteiger partial charge in [0.25, 0.3) is 0 Å². The summed E-state index contributed by atoms with van der Waals surface area (Å²) in [7, 11) is -2.98. The second-order valence-corrected chi connectivity index (χ2v) is 6.00. The first-order valence-electron chi connectivity index (χ1n) is 4.06. The average Bonchev–Trinajstić information content (AvgIpc) is 2.17. The molecule has 0 aromatic carbocycles. The van der Waals surface area contributed by atoms with E-state index in [4.69, 9.17) is 4.52 Å². The molecule has 0 aromatic heterocycles. The highest BCUT2D eigenvalue weighted by atomic mass is 31.2. The first-order chi connectivity index (χ1) is 5.42. The van der Waals surface area contributed by atoms with Crippen molar-refractivity contribution in [1.82, 2.24) is 0 Å². The van der Waals surface area contributed by atoms with Crippen molar-refractivity contribution in [3.05, 3.63) is 0 Å². The normalized spacial score (nSPS) is 48.2. The maximum Gasteiger partial charge on any atom is 0.233 e. The van der Waals surface area contributed by atoms with Crippen molar-refractivity contribution in [2.45, 2.75) is 31.7 Å². The minimum atomic E-state index is -2.98. The Kier molecular flexibility index (Phi) is 2.64. The van der Waals surface area contributed by atoms with Gasteiger partial charge in [0.15, 0.2) is 5.85 Å². The summed E-state index contributed by atoms with van der Waals surface area (Å²) in [6.45, 7) is 3.51. The van der Waals surface area contributed by atoms with Crippen molar-refractivity contribution >= 4 is 7.37 Å². The Morgan fingerprint density at radius 2 is 2.33 bits per heavy atom.